The number of fused-ring (bicyclic) bond motifs is 5. The maximum absolute atomic E-state index is 15.5. The standard InChI is InChI=1S/C47H51NO14/c1-25-31(60-43(56)36(52)35(28-16-10-7-11-17-28)48-41(54)29-18-12-8-13-19-29)23-47(57)40(61-42(55)30-20-14-9-15-21-30)38-45(6,32(51)22-33-46(38,24-58-33)62-27(3)50)39(53)37(59-26(2)49)34(25)44(47,4)5/h7-21,31-33,35-38,40,51-52,57H,22-24H2,1-6H3,(H,48,54)/t31-,32-,33+,35-,36-,37-,38-,40-,45-,46-,47-/m0/s1. The molecule has 0 radical (unpaired) electrons. The van der Waals surface area contributed by atoms with E-state index in [1.54, 1.807) is 92.7 Å². The summed E-state index contributed by atoms with van der Waals surface area (Å²) in [6.45, 7) is 7.97. The molecule has 4 aliphatic rings. The van der Waals surface area contributed by atoms with Gasteiger partial charge in [0.25, 0.3) is 5.91 Å². The minimum absolute atomic E-state index is 0.00289. The van der Waals surface area contributed by atoms with Gasteiger partial charge in [-0.2, -0.15) is 0 Å². The lowest BCUT2D eigenvalue weighted by molar-refractivity contribution is -0.346. The Morgan fingerprint density at radius 3 is 1.95 bits per heavy atom. The van der Waals surface area contributed by atoms with Gasteiger partial charge in [0.05, 0.1) is 35.6 Å². The number of amides is 1. The van der Waals surface area contributed by atoms with Crippen molar-refractivity contribution in [3.63, 3.8) is 0 Å². The molecule has 15 heteroatoms. The van der Waals surface area contributed by atoms with E-state index in [1.165, 1.54) is 26.0 Å². The molecule has 0 spiro atoms. The highest BCUT2D eigenvalue weighted by atomic mass is 16.6. The van der Waals surface area contributed by atoms with E-state index in [9.17, 15) is 39.3 Å². The number of esters is 4. The first-order valence-electron chi connectivity index (χ1n) is 20.5. The summed E-state index contributed by atoms with van der Waals surface area (Å²) in [7, 11) is 0. The number of aliphatic hydroxyl groups is 3. The molecule has 328 valence electrons. The predicted molar refractivity (Wildman–Crippen MR) is 218 cm³/mol. The van der Waals surface area contributed by atoms with E-state index in [0.29, 0.717) is 5.56 Å². The van der Waals surface area contributed by atoms with E-state index in [4.69, 9.17) is 23.7 Å². The van der Waals surface area contributed by atoms with Gasteiger partial charge in [0.1, 0.15) is 23.9 Å². The Hall–Kier alpha value is -5.74. The monoisotopic (exact) mass is 853 g/mol. The van der Waals surface area contributed by atoms with Gasteiger partial charge in [0.2, 0.25) is 0 Å². The van der Waals surface area contributed by atoms with E-state index >= 15 is 4.79 Å². The fraction of sp³-hybridized carbons (Fsp3) is 0.447. The number of ketones is 1. The molecule has 1 aliphatic heterocycles. The molecule has 1 amide bonds. The lowest BCUT2D eigenvalue weighted by atomic mass is 9.44. The van der Waals surface area contributed by atoms with Gasteiger partial charge in [-0.25, -0.2) is 9.59 Å². The van der Waals surface area contributed by atoms with E-state index in [0.717, 1.165) is 13.8 Å². The lowest BCUT2D eigenvalue weighted by Crippen LogP contribution is -2.82. The van der Waals surface area contributed by atoms with Crippen molar-refractivity contribution >= 4 is 35.6 Å². The molecule has 3 aromatic rings. The highest BCUT2D eigenvalue weighted by Crippen LogP contribution is 2.64. The molecule has 62 heavy (non-hydrogen) atoms. The van der Waals surface area contributed by atoms with Crippen LogP contribution in [0.1, 0.15) is 86.7 Å². The third kappa shape index (κ3) is 7.29. The molecule has 3 aromatic carbocycles. The number of rotatable bonds is 10. The smallest absolute Gasteiger partial charge is 0.338 e. The molecule has 0 unspecified atom stereocenters. The molecule has 1 saturated heterocycles. The van der Waals surface area contributed by atoms with Gasteiger partial charge >= 0.3 is 23.9 Å². The summed E-state index contributed by atoms with van der Waals surface area (Å²) < 4.78 is 30.3. The van der Waals surface area contributed by atoms with Gasteiger partial charge in [-0.3, -0.25) is 19.2 Å². The Morgan fingerprint density at radius 2 is 1.40 bits per heavy atom. The molecular formula is C47H51NO14. The number of ether oxygens (including phenoxy) is 5. The number of carbonyl (C=O) groups is 6. The van der Waals surface area contributed by atoms with Gasteiger partial charge in [0, 0.05) is 37.7 Å². The molecular weight excluding hydrogens is 803 g/mol. The number of carbonyl (C=O) groups excluding carboxylic acids is 6. The number of hydrogen-bond acceptors (Lipinski definition) is 14. The quantitative estimate of drug-likeness (QED) is 0.130. The minimum atomic E-state index is -2.39. The first-order valence-corrected chi connectivity index (χ1v) is 20.5. The number of aliphatic hydroxyl groups excluding tert-OH is 2. The van der Waals surface area contributed by atoms with Gasteiger partial charge in [-0.15, -0.1) is 0 Å². The minimum Gasteiger partial charge on any atom is -0.456 e. The van der Waals surface area contributed by atoms with Crippen LogP contribution < -0.4 is 5.32 Å². The lowest BCUT2D eigenvalue weighted by Gasteiger charge is -2.67. The van der Waals surface area contributed by atoms with Crippen molar-refractivity contribution in [2.24, 2.45) is 16.7 Å². The topological polar surface area (TPSA) is 221 Å². The summed E-state index contributed by atoms with van der Waals surface area (Å²) in [5.41, 5.74) is -7.02. The summed E-state index contributed by atoms with van der Waals surface area (Å²) in [5.74, 6) is -6.84. The zero-order valence-corrected chi connectivity index (χ0v) is 35.2. The van der Waals surface area contributed by atoms with Crippen molar-refractivity contribution in [1.82, 2.24) is 5.32 Å². The van der Waals surface area contributed by atoms with Crippen LogP contribution >= 0.6 is 0 Å². The third-order valence-corrected chi connectivity index (χ3v) is 13.5. The second-order valence-corrected chi connectivity index (χ2v) is 17.4. The van der Waals surface area contributed by atoms with Crippen molar-refractivity contribution in [3.05, 3.63) is 119 Å². The van der Waals surface area contributed by atoms with Crippen LogP contribution in [0.5, 0.6) is 0 Å². The second-order valence-electron chi connectivity index (χ2n) is 17.4. The molecule has 11 atom stereocenters. The summed E-state index contributed by atoms with van der Waals surface area (Å²) >= 11 is 0. The maximum atomic E-state index is 15.5. The Labute approximate surface area is 358 Å². The molecule has 3 aliphatic carbocycles. The van der Waals surface area contributed by atoms with E-state index < -0.39 is 113 Å². The molecule has 3 fully saturated rings. The SMILES string of the molecule is CC(=O)O[C@@H]1C(=O)[C@]2(C)[C@H]([C@H](OC(=O)c3ccccc3)[C@@]3(O)C[C@H](OC(=O)[C@@H](O)[C@@H](NC(=O)c4ccccc4)c4ccccc4)C(C)=C1C3(C)C)[C@]1(OC(C)=O)CO[C@@H]1C[C@@H]2O. The summed E-state index contributed by atoms with van der Waals surface area (Å²) in [5, 5.41) is 40.2. The number of benzene rings is 3. The van der Waals surface area contributed by atoms with Crippen LogP contribution in [0.4, 0.5) is 0 Å². The summed E-state index contributed by atoms with van der Waals surface area (Å²) in [4.78, 5) is 83.5. The molecule has 2 bridgehead atoms. The Bertz CT molecular complexity index is 2280. The number of Topliss-reactive ketones (excluding diaryl/α,β-unsaturated/α-hetero) is 1. The van der Waals surface area contributed by atoms with Crippen LogP contribution in [0.25, 0.3) is 0 Å². The average molecular weight is 854 g/mol. The van der Waals surface area contributed by atoms with Gasteiger partial charge < -0.3 is 44.3 Å². The summed E-state index contributed by atoms with van der Waals surface area (Å²) in [6.07, 6.45) is -10.5. The van der Waals surface area contributed by atoms with Crippen LogP contribution in [0.15, 0.2) is 102 Å². The van der Waals surface area contributed by atoms with E-state index in [2.05, 4.69) is 5.32 Å². The van der Waals surface area contributed by atoms with Crippen LogP contribution in [0, 0.1) is 16.7 Å². The van der Waals surface area contributed by atoms with Gasteiger partial charge in [0.15, 0.2) is 23.6 Å². The Morgan fingerprint density at radius 1 is 0.823 bits per heavy atom. The maximum Gasteiger partial charge on any atom is 0.338 e. The number of nitrogens with one attached hydrogen (secondary N) is 1. The Kier molecular flexibility index (Phi) is 11.8. The fourth-order valence-corrected chi connectivity index (χ4v) is 10.2. The zero-order valence-electron chi connectivity index (χ0n) is 35.2. The second kappa shape index (κ2) is 16.5. The van der Waals surface area contributed by atoms with E-state index in [-0.39, 0.29) is 35.3 Å². The third-order valence-electron chi connectivity index (χ3n) is 13.5. The van der Waals surface area contributed by atoms with Crippen molar-refractivity contribution in [2.75, 3.05) is 6.61 Å². The molecule has 15 nitrogen and oxygen atoms in total. The van der Waals surface area contributed by atoms with Crippen molar-refractivity contribution in [2.45, 2.75) is 108 Å². The molecule has 7 rings (SSSR count). The van der Waals surface area contributed by atoms with Gasteiger partial charge in [-0.05, 0) is 54.8 Å². The molecule has 0 aromatic heterocycles. The van der Waals surface area contributed by atoms with Crippen LogP contribution in [0.3, 0.4) is 0 Å². The predicted octanol–water partition coefficient (Wildman–Crippen LogP) is 3.74. The normalized spacial score (nSPS) is 31.9. The first-order chi connectivity index (χ1) is 29.3. The highest BCUT2D eigenvalue weighted by Gasteiger charge is 2.78. The Balaban J connectivity index is 1.39. The largest absolute Gasteiger partial charge is 0.456 e. The highest BCUT2D eigenvalue weighted by molar-refractivity contribution is 5.96. The average Bonchev–Trinajstić information content (AvgIpc) is 3.24. The summed E-state index contributed by atoms with van der Waals surface area (Å²) in [6, 6.07) is 22.9. The van der Waals surface area contributed by atoms with Crippen molar-refractivity contribution in [3.8, 4) is 0 Å². The van der Waals surface area contributed by atoms with E-state index in [1.807, 2.05) is 0 Å². The van der Waals surface area contributed by atoms with Crippen molar-refractivity contribution < 1.29 is 67.8 Å². The number of hydrogen-bond donors (Lipinski definition) is 4. The fourth-order valence-electron chi connectivity index (χ4n) is 10.2. The van der Waals surface area contributed by atoms with Crippen LogP contribution in [0.2, 0.25) is 0 Å². The van der Waals surface area contributed by atoms with Crippen LogP contribution in [-0.2, 0) is 42.9 Å². The molecule has 2 saturated carbocycles. The first kappa shape index (κ1) is 44.3. The molecule has 4 N–H and O–H groups in total. The van der Waals surface area contributed by atoms with Crippen molar-refractivity contribution in [1.29, 1.82) is 0 Å². The van der Waals surface area contributed by atoms with Gasteiger partial charge in [-0.1, -0.05) is 80.6 Å². The zero-order chi connectivity index (χ0) is 44.9. The van der Waals surface area contributed by atoms with Crippen LogP contribution in [-0.4, -0.2) is 105 Å². The molecule has 1 heterocycles.